The molecule has 3 nitrogen and oxygen atoms in total. The van der Waals surface area contributed by atoms with E-state index in [-0.39, 0.29) is 23.0 Å². The molecule has 1 fully saturated rings. The Morgan fingerprint density at radius 1 is 1.25 bits per heavy atom. The van der Waals surface area contributed by atoms with Crippen molar-refractivity contribution in [1.82, 2.24) is 9.71 Å². The largest absolute Gasteiger partial charge is 0.336 e. The summed E-state index contributed by atoms with van der Waals surface area (Å²) in [5, 5.41) is 0. The number of carbonyl (C=O) groups is 1. The Bertz CT molecular complexity index is 278. The molecule has 0 aromatic heterocycles. The first-order valence-electron chi connectivity index (χ1n) is 6.09. The Kier molecular flexibility index (Phi) is 3.44. The summed E-state index contributed by atoms with van der Waals surface area (Å²) in [5.41, 5.74) is -0.00121. The Morgan fingerprint density at radius 3 is 2.06 bits per heavy atom. The molecule has 0 spiro atoms. The van der Waals surface area contributed by atoms with Crippen molar-refractivity contribution < 1.29 is 4.79 Å². The molecule has 1 saturated heterocycles. The van der Waals surface area contributed by atoms with Crippen LogP contribution < -0.4 is 0 Å². The van der Waals surface area contributed by atoms with Crippen LogP contribution in [0.3, 0.4) is 0 Å². The molecule has 16 heavy (non-hydrogen) atoms. The zero-order valence-corrected chi connectivity index (χ0v) is 11.8. The minimum absolute atomic E-state index is 0.0498. The van der Waals surface area contributed by atoms with Crippen LogP contribution in [0.4, 0.5) is 0 Å². The van der Waals surface area contributed by atoms with E-state index in [0.717, 1.165) is 13.0 Å². The summed E-state index contributed by atoms with van der Waals surface area (Å²) in [4.78, 5) is 16.5. The summed E-state index contributed by atoms with van der Waals surface area (Å²) in [6.07, 6.45) is 0.948. The van der Waals surface area contributed by atoms with E-state index in [1.54, 1.807) is 0 Å². The fourth-order valence-corrected chi connectivity index (χ4v) is 2.16. The van der Waals surface area contributed by atoms with Gasteiger partial charge in [0.1, 0.15) is 0 Å². The van der Waals surface area contributed by atoms with Crippen LogP contribution in [0.2, 0.25) is 0 Å². The molecule has 0 radical (unpaired) electrons. The lowest BCUT2D eigenvalue weighted by atomic mass is 9.96. The van der Waals surface area contributed by atoms with E-state index in [1.165, 1.54) is 0 Å². The first-order valence-corrected chi connectivity index (χ1v) is 6.09. The molecule has 1 unspecified atom stereocenters. The molecule has 0 aromatic rings. The van der Waals surface area contributed by atoms with Crippen molar-refractivity contribution in [1.29, 1.82) is 0 Å². The molecule has 1 atom stereocenters. The number of amides is 1. The van der Waals surface area contributed by atoms with Crippen LogP contribution in [0.25, 0.3) is 0 Å². The Morgan fingerprint density at radius 2 is 1.75 bits per heavy atom. The molecule has 0 aromatic carbocycles. The fraction of sp³-hybridized carbons (Fsp3) is 0.917. The molecular weight excluding hydrogens is 199 g/mol. The van der Waals surface area contributed by atoms with Gasteiger partial charge in [-0.2, -0.15) is 0 Å². The number of nitrogens with zero attached hydrogens (tertiary/aromatic N) is 2. The Balaban J connectivity index is 2.80. The molecule has 1 heterocycles. The topological polar surface area (TPSA) is 23.6 Å². The highest BCUT2D eigenvalue weighted by Crippen LogP contribution is 2.27. The molecule has 1 aliphatic rings. The van der Waals surface area contributed by atoms with Gasteiger partial charge >= 0.3 is 0 Å². The lowest BCUT2D eigenvalue weighted by Gasteiger charge is -2.38. The summed E-state index contributed by atoms with van der Waals surface area (Å²) in [7, 11) is 2.05. The van der Waals surface area contributed by atoms with E-state index in [2.05, 4.69) is 54.3 Å². The van der Waals surface area contributed by atoms with Crippen LogP contribution >= 0.6 is 0 Å². The van der Waals surface area contributed by atoms with E-state index >= 15 is 0 Å². The van der Waals surface area contributed by atoms with E-state index in [9.17, 15) is 4.79 Å². The molecule has 0 N–H and O–H groups in total. The van der Waals surface area contributed by atoms with Crippen LogP contribution in [-0.2, 0) is 4.79 Å². The first kappa shape index (κ1) is 13.6. The average molecular weight is 224 g/mol. The van der Waals surface area contributed by atoms with E-state index in [1.807, 2.05) is 4.90 Å². The Labute approximate surface area is 101 Å². The van der Waals surface area contributed by atoms with Crippen molar-refractivity contribution in [3.05, 3.63) is 0 Å². The first-order chi connectivity index (χ1) is 7.05. The predicted molar refractivity (Wildman–Crippen MR) is 70.0 cm³/mol. The highest BCUT2D eigenvalue weighted by Gasteiger charge is 2.41. The van der Waals surface area contributed by atoms with Crippen LogP contribution in [0, 0.1) is 0 Å². The van der Waals surface area contributed by atoms with Crippen molar-refractivity contribution in [3.8, 4) is 0 Å². The van der Waals surface area contributed by atoms with Gasteiger partial charge in [-0.1, -0.05) is 0 Å². The van der Waals surface area contributed by atoms with E-state index in [0.29, 0.717) is 0 Å². The second-order valence-corrected chi connectivity index (χ2v) is 6.75. The van der Waals surface area contributed by atoms with Gasteiger partial charge < -0.3 is 9.71 Å². The van der Waals surface area contributed by atoms with Crippen LogP contribution in [-0.4, -0.2) is 47.3 Å². The van der Waals surface area contributed by atoms with Gasteiger partial charge in [-0.25, -0.2) is 0 Å². The number of carbonyl (C=O) groups excluding carboxylic acids is 1. The number of likely N-dealkylation sites (tertiary alicyclic amines) is 1. The van der Waals surface area contributed by atoms with Gasteiger partial charge in [0.2, 0.25) is 5.91 Å². The lowest BCUT2D eigenvalue weighted by molar-refractivity contribution is -0.135. The third kappa shape index (κ3) is 2.59. The van der Waals surface area contributed by atoms with Crippen molar-refractivity contribution in [2.45, 2.75) is 65.1 Å². The third-order valence-electron chi connectivity index (χ3n) is 3.51. The quantitative estimate of drug-likeness (QED) is 0.621. The van der Waals surface area contributed by atoms with Gasteiger partial charge in [0.15, 0.2) is 7.98 Å². The summed E-state index contributed by atoms with van der Waals surface area (Å²) in [5.74, 6) is 0.282. The molecule has 4 heteroatoms. The molecule has 0 bridgehead atoms. The van der Waals surface area contributed by atoms with E-state index in [4.69, 9.17) is 0 Å². The van der Waals surface area contributed by atoms with Crippen molar-refractivity contribution >= 4 is 13.9 Å². The maximum absolute atomic E-state index is 12.3. The van der Waals surface area contributed by atoms with Gasteiger partial charge in [0, 0.05) is 17.6 Å². The summed E-state index contributed by atoms with van der Waals surface area (Å²) < 4.78 is 0. The maximum atomic E-state index is 12.3. The molecular formula is C12H25BN2O. The molecule has 0 aliphatic carbocycles. The smallest absolute Gasteiger partial charge is 0.239 e. The predicted octanol–water partition coefficient (Wildman–Crippen LogP) is 1.03. The van der Waals surface area contributed by atoms with Crippen LogP contribution in [0.5, 0.6) is 0 Å². The van der Waals surface area contributed by atoms with E-state index < -0.39 is 0 Å². The molecule has 1 rings (SSSR count). The average Bonchev–Trinajstić information content (AvgIpc) is 2.42. The van der Waals surface area contributed by atoms with Gasteiger partial charge in [0.25, 0.3) is 0 Å². The minimum Gasteiger partial charge on any atom is -0.336 e. The Hall–Kier alpha value is -0.505. The second-order valence-electron chi connectivity index (χ2n) is 6.75. The summed E-state index contributed by atoms with van der Waals surface area (Å²) >= 11 is 0. The lowest BCUT2D eigenvalue weighted by Crippen LogP contribution is -2.52. The summed E-state index contributed by atoms with van der Waals surface area (Å²) in [6.45, 7) is 13.6. The van der Waals surface area contributed by atoms with Crippen molar-refractivity contribution in [2.24, 2.45) is 0 Å². The zero-order valence-electron chi connectivity index (χ0n) is 11.8. The number of hydrogen-bond donors (Lipinski definition) is 0. The number of hydrogen-bond acceptors (Lipinski definition) is 2. The molecule has 1 amide bonds. The standard InChI is InChI=1S/C12H25BN2O/c1-11(2,3)14-8-7-9(10(14)16)15(13)12(4,5)6/h9H,7-8,13H2,1-6H3. The van der Waals surface area contributed by atoms with Gasteiger partial charge in [-0.3, -0.25) is 4.79 Å². The van der Waals surface area contributed by atoms with Crippen LogP contribution in [0.15, 0.2) is 0 Å². The zero-order chi connectivity index (χ0) is 12.7. The third-order valence-corrected chi connectivity index (χ3v) is 3.51. The number of rotatable bonds is 1. The molecule has 0 saturated carbocycles. The summed E-state index contributed by atoms with van der Waals surface area (Å²) in [6, 6.07) is 0.0548. The highest BCUT2D eigenvalue weighted by molar-refractivity contribution is 6.07. The van der Waals surface area contributed by atoms with Crippen molar-refractivity contribution in [2.75, 3.05) is 6.54 Å². The van der Waals surface area contributed by atoms with Gasteiger partial charge in [0.05, 0.1) is 6.04 Å². The van der Waals surface area contributed by atoms with Crippen LogP contribution in [0.1, 0.15) is 48.0 Å². The normalized spacial score (nSPS) is 23.3. The molecule has 1 aliphatic heterocycles. The molecule has 92 valence electrons. The highest BCUT2D eigenvalue weighted by atomic mass is 16.2. The van der Waals surface area contributed by atoms with Crippen molar-refractivity contribution in [3.63, 3.8) is 0 Å². The second kappa shape index (κ2) is 4.06. The SMILES string of the molecule is BN(C1CCN(C(C)(C)C)C1=O)C(C)(C)C. The van der Waals surface area contributed by atoms with Gasteiger partial charge in [-0.15, -0.1) is 0 Å². The fourth-order valence-electron chi connectivity index (χ4n) is 2.16. The van der Waals surface area contributed by atoms with Gasteiger partial charge in [-0.05, 0) is 48.0 Å². The monoisotopic (exact) mass is 224 g/mol. The minimum atomic E-state index is -0.0510. The maximum Gasteiger partial charge on any atom is 0.239 e.